The Bertz CT molecular complexity index is 682. The maximum Gasteiger partial charge on any atom is 0.181 e. The first kappa shape index (κ1) is 12.4. The molecule has 19 heavy (non-hydrogen) atoms. The molecule has 1 aromatic carbocycles. The Morgan fingerprint density at radius 1 is 1.26 bits per heavy atom. The van der Waals surface area contributed by atoms with Gasteiger partial charge in [0.15, 0.2) is 22.0 Å². The van der Waals surface area contributed by atoms with Crippen molar-refractivity contribution >= 4 is 9.84 Å². The number of hydrogen-bond acceptors (Lipinski definition) is 4. The van der Waals surface area contributed by atoms with Crippen LogP contribution < -0.4 is 0 Å². The summed E-state index contributed by atoms with van der Waals surface area (Å²) < 4.78 is 28.3. The first-order valence-electron chi connectivity index (χ1n) is 6.27. The van der Waals surface area contributed by atoms with E-state index in [4.69, 9.17) is 4.42 Å². The largest absolute Gasteiger partial charge is 0.443 e. The summed E-state index contributed by atoms with van der Waals surface area (Å²) in [6.45, 7) is 0. The van der Waals surface area contributed by atoms with Crippen molar-refractivity contribution in [2.24, 2.45) is 5.92 Å². The summed E-state index contributed by atoms with van der Waals surface area (Å²) in [5, 5.41) is 0. The van der Waals surface area contributed by atoms with Gasteiger partial charge < -0.3 is 4.42 Å². The van der Waals surface area contributed by atoms with E-state index in [2.05, 4.69) is 4.98 Å². The summed E-state index contributed by atoms with van der Waals surface area (Å²) in [5.41, 5.74) is 1.84. The molecular formula is C14H15NO3S. The number of hydrogen-bond donors (Lipinski definition) is 0. The maximum atomic E-state index is 11.4. The van der Waals surface area contributed by atoms with Gasteiger partial charge in [0.25, 0.3) is 0 Å². The van der Waals surface area contributed by atoms with E-state index in [1.54, 1.807) is 24.3 Å². The van der Waals surface area contributed by atoms with Gasteiger partial charge >= 0.3 is 0 Å². The Kier molecular flexibility index (Phi) is 2.93. The minimum absolute atomic E-state index is 0.319. The summed E-state index contributed by atoms with van der Waals surface area (Å²) in [5.74, 6) is 1.49. The standard InChI is InChI=1S/C14H15NO3S/c1-19(16,17)12-6-4-11(5-7-12)14-13(15-9-18-14)8-10-2-3-10/h4-7,9-10H,2-3,8H2,1H3. The molecular weight excluding hydrogens is 262 g/mol. The number of aromatic nitrogens is 1. The van der Waals surface area contributed by atoms with Gasteiger partial charge in [0.05, 0.1) is 10.6 Å². The summed E-state index contributed by atoms with van der Waals surface area (Å²) >= 11 is 0. The first-order valence-corrected chi connectivity index (χ1v) is 8.16. The molecule has 1 aromatic heterocycles. The van der Waals surface area contributed by atoms with Crippen LogP contribution >= 0.6 is 0 Å². The lowest BCUT2D eigenvalue weighted by Crippen LogP contribution is -1.96. The molecule has 0 N–H and O–H groups in total. The Morgan fingerprint density at radius 2 is 1.95 bits per heavy atom. The monoisotopic (exact) mass is 277 g/mol. The maximum absolute atomic E-state index is 11.4. The van der Waals surface area contributed by atoms with Gasteiger partial charge in [-0.05, 0) is 49.4 Å². The normalized spacial score (nSPS) is 15.6. The van der Waals surface area contributed by atoms with E-state index in [-0.39, 0.29) is 0 Å². The van der Waals surface area contributed by atoms with Gasteiger partial charge in [-0.1, -0.05) is 0 Å². The summed E-state index contributed by atoms with van der Waals surface area (Å²) in [4.78, 5) is 4.58. The van der Waals surface area contributed by atoms with Crippen LogP contribution in [0, 0.1) is 5.92 Å². The van der Waals surface area contributed by atoms with Crippen LogP contribution in [0.5, 0.6) is 0 Å². The molecule has 0 atom stereocenters. The van der Waals surface area contributed by atoms with E-state index in [0.29, 0.717) is 4.90 Å². The summed E-state index contributed by atoms with van der Waals surface area (Å²) in [7, 11) is -3.15. The fraction of sp³-hybridized carbons (Fsp3) is 0.357. The molecule has 0 unspecified atom stereocenters. The van der Waals surface area contributed by atoms with Crippen molar-refractivity contribution in [2.75, 3.05) is 6.26 Å². The van der Waals surface area contributed by atoms with Crippen LogP contribution in [0.4, 0.5) is 0 Å². The highest BCUT2D eigenvalue weighted by Crippen LogP contribution is 2.35. The highest BCUT2D eigenvalue weighted by atomic mass is 32.2. The molecule has 2 aromatic rings. The van der Waals surface area contributed by atoms with Gasteiger partial charge in [-0.2, -0.15) is 0 Å². The second-order valence-corrected chi connectivity index (χ2v) is 7.09. The molecule has 100 valence electrons. The fourth-order valence-corrected chi connectivity index (χ4v) is 2.73. The quantitative estimate of drug-likeness (QED) is 0.862. The molecule has 0 saturated heterocycles. The van der Waals surface area contributed by atoms with E-state index < -0.39 is 9.84 Å². The molecule has 0 aliphatic heterocycles. The SMILES string of the molecule is CS(=O)(=O)c1ccc(-c2ocnc2CC2CC2)cc1. The van der Waals surface area contributed by atoms with Crippen LogP contribution in [0.2, 0.25) is 0 Å². The molecule has 1 heterocycles. The zero-order valence-corrected chi connectivity index (χ0v) is 11.5. The van der Waals surface area contributed by atoms with Gasteiger partial charge in [0.1, 0.15) is 0 Å². The van der Waals surface area contributed by atoms with Gasteiger partial charge in [0, 0.05) is 11.8 Å². The van der Waals surface area contributed by atoms with Gasteiger partial charge in [-0.3, -0.25) is 0 Å². The smallest absolute Gasteiger partial charge is 0.181 e. The van der Waals surface area contributed by atoms with Crippen LogP contribution in [0.1, 0.15) is 18.5 Å². The third kappa shape index (κ3) is 2.71. The van der Waals surface area contributed by atoms with Crippen LogP contribution in [-0.4, -0.2) is 19.7 Å². The average molecular weight is 277 g/mol. The molecule has 1 fully saturated rings. The second kappa shape index (κ2) is 4.49. The molecule has 1 aliphatic rings. The lowest BCUT2D eigenvalue weighted by Gasteiger charge is -2.02. The third-order valence-corrected chi connectivity index (χ3v) is 4.49. The predicted molar refractivity (Wildman–Crippen MR) is 71.5 cm³/mol. The van der Waals surface area contributed by atoms with E-state index in [0.717, 1.165) is 29.4 Å². The minimum atomic E-state index is -3.15. The minimum Gasteiger partial charge on any atom is -0.443 e. The molecule has 1 aliphatic carbocycles. The molecule has 0 bridgehead atoms. The Morgan fingerprint density at radius 3 is 2.53 bits per heavy atom. The summed E-state index contributed by atoms with van der Waals surface area (Å²) in [6.07, 6.45) is 6.13. The van der Waals surface area contributed by atoms with E-state index in [1.807, 2.05) is 0 Å². The number of benzene rings is 1. The lowest BCUT2D eigenvalue weighted by atomic mass is 10.1. The Labute approximate surface area is 112 Å². The second-order valence-electron chi connectivity index (χ2n) is 5.07. The highest BCUT2D eigenvalue weighted by molar-refractivity contribution is 7.90. The zero-order valence-electron chi connectivity index (χ0n) is 10.7. The van der Waals surface area contributed by atoms with E-state index in [1.165, 1.54) is 25.5 Å². The van der Waals surface area contributed by atoms with Crippen LogP contribution in [0.3, 0.4) is 0 Å². The van der Waals surface area contributed by atoms with Gasteiger partial charge in [0.2, 0.25) is 0 Å². The number of nitrogens with zero attached hydrogens (tertiary/aromatic N) is 1. The summed E-state index contributed by atoms with van der Waals surface area (Å²) in [6, 6.07) is 6.75. The molecule has 1 saturated carbocycles. The molecule has 3 rings (SSSR count). The number of sulfone groups is 1. The van der Waals surface area contributed by atoms with Crippen molar-refractivity contribution in [3.8, 4) is 11.3 Å². The van der Waals surface area contributed by atoms with Crippen molar-refractivity contribution in [1.82, 2.24) is 4.98 Å². The van der Waals surface area contributed by atoms with Crippen molar-refractivity contribution in [2.45, 2.75) is 24.2 Å². The van der Waals surface area contributed by atoms with Crippen LogP contribution in [0.25, 0.3) is 11.3 Å². The van der Waals surface area contributed by atoms with E-state index in [9.17, 15) is 8.42 Å². The van der Waals surface area contributed by atoms with Crippen molar-refractivity contribution in [3.63, 3.8) is 0 Å². The van der Waals surface area contributed by atoms with Crippen molar-refractivity contribution in [3.05, 3.63) is 36.4 Å². The number of rotatable bonds is 4. The molecule has 0 spiro atoms. The molecule has 0 radical (unpaired) electrons. The lowest BCUT2D eigenvalue weighted by molar-refractivity contribution is 0.570. The van der Waals surface area contributed by atoms with E-state index >= 15 is 0 Å². The highest BCUT2D eigenvalue weighted by Gasteiger charge is 2.25. The third-order valence-electron chi connectivity index (χ3n) is 3.36. The van der Waals surface area contributed by atoms with Crippen molar-refractivity contribution < 1.29 is 12.8 Å². The topological polar surface area (TPSA) is 60.2 Å². The number of oxazole rings is 1. The molecule has 4 nitrogen and oxygen atoms in total. The zero-order chi connectivity index (χ0) is 13.5. The van der Waals surface area contributed by atoms with Crippen LogP contribution in [-0.2, 0) is 16.3 Å². The fourth-order valence-electron chi connectivity index (χ4n) is 2.10. The molecule has 5 heteroatoms. The Balaban J connectivity index is 1.91. The van der Waals surface area contributed by atoms with Gasteiger partial charge in [-0.15, -0.1) is 0 Å². The Hall–Kier alpha value is -1.62. The van der Waals surface area contributed by atoms with Gasteiger partial charge in [-0.25, -0.2) is 13.4 Å². The first-order chi connectivity index (χ1) is 9.04. The average Bonchev–Trinajstić information content (AvgIpc) is 3.05. The van der Waals surface area contributed by atoms with Crippen molar-refractivity contribution in [1.29, 1.82) is 0 Å². The van der Waals surface area contributed by atoms with Crippen LogP contribution in [0.15, 0.2) is 40.0 Å². The molecule has 0 amide bonds. The predicted octanol–water partition coefficient (Wildman–Crippen LogP) is 2.70.